The summed E-state index contributed by atoms with van der Waals surface area (Å²) in [4.78, 5) is 25.3. The Morgan fingerprint density at radius 1 is 0.732 bits per heavy atom. The molecule has 0 fully saturated rings. The number of nitrogens with one attached hydrogen (secondary N) is 3. The molecule has 0 heterocycles. The predicted molar refractivity (Wildman–Crippen MR) is 172 cm³/mol. The zero-order valence-electron chi connectivity index (χ0n) is 26.2. The first-order valence-electron chi connectivity index (χ1n) is 16.8. The molecule has 0 aliphatic heterocycles. The molecule has 0 unspecified atom stereocenters. The van der Waals surface area contributed by atoms with Crippen LogP contribution in [0.15, 0.2) is 30.3 Å². The fourth-order valence-corrected chi connectivity index (χ4v) is 5.01. The van der Waals surface area contributed by atoms with Crippen molar-refractivity contribution in [1.82, 2.24) is 16.0 Å². The van der Waals surface area contributed by atoms with Gasteiger partial charge >= 0.3 is 0 Å². The summed E-state index contributed by atoms with van der Waals surface area (Å²) < 4.78 is 5.33. The number of hydrogen-bond acceptors (Lipinski definition) is 5. The second-order valence-corrected chi connectivity index (χ2v) is 11.3. The molecule has 0 aliphatic carbocycles. The molecule has 1 aromatic carbocycles. The maximum Gasteiger partial charge on any atom is 0.243 e. The molecule has 1 rings (SSSR count). The van der Waals surface area contributed by atoms with Crippen LogP contribution in [0.5, 0.6) is 0 Å². The zero-order chi connectivity index (χ0) is 29.6. The number of unbranched alkanes of at least 4 members (excludes halogenated alkanes) is 15. The van der Waals surface area contributed by atoms with Crippen LogP contribution in [0.2, 0.25) is 0 Å². The van der Waals surface area contributed by atoms with Crippen molar-refractivity contribution in [2.75, 3.05) is 39.4 Å². The molecule has 236 valence electrons. The normalized spacial score (nSPS) is 11.9. The molecule has 0 saturated carbocycles. The summed E-state index contributed by atoms with van der Waals surface area (Å²) in [5, 5.41) is 9.17. The molecule has 0 radical (unpaired) electrons. The lowest BCUT2D eigenvalue weighted by Gasteiger charge is -2.19. The van der Waals surface area contributed by atoms with Gasteiger partial charge in [-0.25, -0.2) is 0 Å². The monoisotopic (exact) mass is 574 g/mol. The van der Waals surface area contributed by atoms with Crippen LogP contribution in [0, 0.1) is 0 Å². The molecule has 0 aliphatic rings. The standard InChI is InChI=1S/C34H62N4O3/c1-2-3-4-5-6-7-8-9-10-11-12-13-14-15-16-20-25-36-26-23-33(39)38-32(30-31-21-18-17-19-22-31)34(40)37-27-29-41-28-24-35/h17-19,21-22,32,36H,2-16,20,23-30,35H2,1H3,(H,37,40)(H,38,39)/t32-/m0/s1. The van der Waals surface area contributed by atoms with Crippen molar-refractivity contribution in [1.29, 1.82) is 0 Å². The Morgan fingerprint density at radius 3 is 1.85 bits per heavy atom. The fraction of sp³-hybridized carbons (Fsp3) is 0.765. The predicted octanol–water partition coefficient (Wildman–Crippen LogP) is 6.05. The molecule has 0 spiro atoms. The lowest BCUT2D eigenvalue weighted by molar-refractivity contribution is -0.129. The largest absolute Gasteiger partial charge is 0.378 e. The van der Waals surface area contributed by atoms with Crippen molar-refractivity contribution in [3.63, 3.8) is 0 Å². The van der Waals surface area contributed by atoms with E-state index >= 15 is 0 Å². The van der Waals surface area contributed by atoms with Gasteiger partial charge in [0.05, 0.1) is 13.2 Å². The van der Waals surface area contributed by atoms with E-state index in [1.54, 1.807) is 0 Å². The van der Waals surface area contributed by atoms with E-state index in [2.05, 4.69) is 22.9 Å². The number of carbonyl (C=O) groups is 2. The SMILES string of the molecule is CCCCCCCCCCCCCCCCCCNCCC(=O)N[C@@H](Cc1ccccc1)C(=O)NCCOCCN. The summed E-state index contributed by atoms with van der Waals surface area (Å²) in [5.74, 6) is -0.306. The van der Waals surface area contributed by atoms with Crippen molar-refractivity contribution in [2.24, 2.45) is 5.73 Å². The lowest BCUT2D eigenvalue weighted by atomic mass is 10.0. The highest BCUT2D eigenvalue weighted by atomic mass is 16.5. The van der Waals surface area contributed by atoms with Crippen LogP contribution in [0.25, 0.3) is 0 Å². The first-order chi connectivity index (χ1) is 20.2. The molecule has 7 heteroatoms. The van der Waals surface area contributed by atoms with Crippen molar-refractivity contribution >= 4 is 11.8 Å². The van der Waals surface area contributed by atoms with Crippen LogP contribution >= 0.6 is 0 Å². The van der Waals surface area contributed by atoms with Gasteiger partial charge in [-0.3, -0.25) is 9.59 Å². The van der Waals surface area contributed by atoms with Gasteiger partial charge in [-0.2, -0.15) is 0 Å². The van der Waals surface area contributed by atoms with Crippen LogP contribution in [0.4, 0.5) is 0 Å². The molecule has 41 heavy (non-hydrogen) atoms. The molecular formula is C34H62N4O3. The summed E-state index contributed by atoms with van der Waals surface area (Å²) in [6.07, 6.45) is 22.7. The van der Waals surface area contributed by atoms with Gasteiger partial charge in [0.1, 0.15) is 6.04 Å². The third-order valence-corrected chi connectivity index (χ3v) is 7.48. The first-order valence-corrected chi connectivity index (χ1v) is 16.8. The Balaban J connectivity index is 2.04. The average Bonchev–Trinajstić information content (AvgIpc) is 2.98. The van der Waals surface area contributed by atoms with Crippen molar-refractivity contribution in [3.8, 4) is 0 Å². The molecular weight excluding hydrogens is 512 g/mol. The quantitative estimate of drug-likeness (QED) is 0.0873. The zero-order valence-corrected chi connectivity index (χ0v) is 26.2. The highest BCUT2D eigenvalue weighted by molar-refractivity contribution is 5.87. The maximum atomic E-state index is 12.7. The van der Waals surface area contributed by atoms with Gasteiger partial charge in [0.25, 0.3) is 0 Å². The Kier molecular flexibility index (Phi) is 25.5. The summed E-state index contributed by atoms with van der Waals surface area (Å²) in [6.45, 7) is 5.54. The van der Waals surface area contributed by atoms with E-state index in [1.165, 1.54) is 96.3 Å². The highest BCUT2D eigenvalue weighted by Gasteiger charge is 2.20. The second-order valence-electron chi connectivity index (χ2n) is 11.3. The fourth-order valence-electron chi connectivity index (χ4n) is 5.01. The minimum absolute atomic E-state index is 0.111. The minimum Gasteiger partial charge on any atom is -0.378 e. The van der Waals surface area contributed by atoms with E-state index in [4.69, 9.17) is 10.5 Å². The van der Waals surface area contributed by atoms with Gasteiger partial charge in [0.15, 0.2) is 0 Å². The number of ether oxygens (including phenoxy) is 1. The molecule has 2 amide bonds. The van der Waals surface area contributed by atoms with Crippen molar-refractivity contribution in [2.45, 2.75) is 129 Å². The van der Waals surface area contributed by atoms with Gasteiger partial charge in [0, 0.05) is 32.5 Å². The van der Waals surface area contributed by atoms with E-state index in [0.717, 1.165) is 18.5 Å². The third kappa shape index (κ3) is 23.3. The molecule has 5 N–H and O–H groups in total. The third-order valence-electron chi connectivity index (χ3n) is 7.48. The number of rotatable bonds is 29. The van der Waals surface area contributed by atoms with Gasteiger partial charge in [-0.05, 0) is 18.5 Å². The van der Waals surface area contributed by atoms with E-state index in [1.807, 2.05) is 30.3 Å². The molecule has 0 saturated heterocycles. The van der Waals surface area contributed by atoms with Gasteiger partial charge in [0.2, 0.25) is 11.8 Å². The van der Waals surface area contributed by atoms with Crippen LogP contribution < -0.4 is 21.7 Å². The van der Waals surface area contributed by atoms with Crippen molar-refractivity contribution < 1.29 is 14.3 Å². The van der Waals surface area contributed by atoms with Crippen molar-refractivity contribution in [3.05, 3.63) is 35.9 Å². The number of hydrogen-bond donors (Lipinski definition) is 4. The summed E-state index contributed by atoms with van der Waals surface area (Å²) in [7, 11) is 0. The Morgan fingerprint density at radius 2 is 1.29 bits per heavy atom. The van der Waals surface area contributed by atoms with Gasteiger partial charge in [-0.1, -0.05) is 134 Å². The minimum atomic E-state index is -0.611. The molecule has 0 aromatic heterocycles. The first kappa shape index (κ1) is 37.1. The van der Waals surface area contributed by atoms with Crippen LogP contribution in [-0.4, -0.2) is 57.2 Å². The maximum absolute atomic E-state index is 12.7. The van der Waals surface area contributed by atoms with E-state index < -0.39 is 6.04 Å². The number of carbonyl (C=O) groups excluding carboxylic acids is 2. The molecule has 1 aromatic rings. The summed E-state index contributed by atoms with van der Waals surface area (Å²) in [5.41, 5.74) is 6.43. The Labute approximate surface area is 251 Å². The lowest BCUT2D eigenvalue weighted by Crippen LogP contribution is -2.49. The second kappa shape index (κ2) is 28.2. The van der Waals surface area contributed by atoms with Gasteiger partial charge < -0.3 is 26.4 Å². The smallest absolute Gasteiger partial charge is 0.243 e. The Bertz CT molecular complexity index is 732. The molecule has 1 atom stereocenters. The van der Waals surface area contributed by atoms with E-state index in [-0.39, 0.29) is 11.8 Å². The number of amides is 2. The summed E-state index contributed by atoms with van der Waals surface area (Å²) in [6, 6.07) is 9.15. The van der Waals surface area contributed by atoms with Crippen LogP contribution in [0.3, 0.4) is 0 Å². The van der Waals surface area contributed by atoms with Gasteiger partial charge in [-0.15, -0.1) is 0 Å². The van der Waals surface area contributed by atoms with Crippen LogP contribution in [-0.2, 0) is 20.7 Å². The average molecular weight is 575 g/mol. The molecule has 7 nitrogen and oxygen atoms in total. The Hall–Kier alpha value is -1.96. The summed E-state index contributed by atoms with van der Waals surface area (Å²) >= 11 is 0. The number of nitrogens with two attached hydrogens (primary N) is 1. The van der Waals surface area contributed by atoms with E-state index in [0.29, 0.717) is 45.7 Å². The topological polar surface area (TPSA) is 105 Å². The number of benzene rings is 1. The molecule has 0 bridgehead atoms. The van der Waals surface area contributed by atoms with E-state index in [9.17, 15) is 9.59 Å². The van der Waals surface area contributed by atoms with Crippen LogP contribution in [0.1, 0.15) is 122 Å². The highest BCUT2D eigenvalue weighted by Crippen LogP contribution is 2.13.